The van der Waals surface area contributed by atoms with Crippen LogP contribution in [0.2, 0.25) is 10.3 Å². The van der Waals surface area contributed by atoms with Crippen LogP contribution in [0.15, 0.2) is 42.5 Å². The number of rotatable bonds is 3. The first-order valence-corrected chi connectivity index (χ1v) is 7.78. The van der Waals surface area contributed by atoms with Crippen molar-refractivity contribution in [1.82, 2.24) is 15.0 Å². The molecule has 0 aliphatic rings. The van der Waals surface area contributed by atoms with E-state index in [1.807, 2.05) is 56.3 Å². The van der Waals surface area contributed by atoms with Crippen molar-refractivity contribution in [2.75, 3.05) is 5.32 Å². The molecule has 0 fully saturated rings. The Kier molecular flexibility index (Phi) is 4.46. The summed E-state index contributed by atoms with van der Waals surface area (Å²) in [5, 5.41) is 3.89. The lowest BCUT2D eigenvalue weighted by Crippen LogP contribution is -2.02. The first kappa shape index (κ1) is 15.7. The maximum absolute atomic E-state index is 6.07. The molecular formula is C17H14Cl2N4. The Hall–Kier alpha value is -2.17. The predicted octanol–water partition coefficient (Wildman–Crippen LogP) is 5.21. The Morgan fingerprint density at radius 1 is 0.870 bits per heavy atom. The third-order valence-electron chi connectivity index (χ3n) is 3.36. The highest BCUT2D eigenvalue weighted by atomic mass is 35.5. The van der Waals surface area contributed by atoms with E-state index in [1.165, 1.54) is 5.56 Å². The van der Waals surface area contributed by atoms with Crippen molar-refractivity contribution in [2.45, 2.75) is 13.8 Å². The molecule has 0 saturated carbocycles. The van der Waals surface area contributed by atoms with Gasteiger partial charge in [-0.05, 0) is 55.3 Å². The molecule has 1 heterocycles. The highest BCUT2D eigenvalue weighted by Crippen LogP contribution is 2.26. The van der Waals surface area contributed by atoms with E-state index in [1.54, 1.807) is 0 Å². The second kappa shape index (κ2) is 6.52. The molecule has 0 aliphatic heterocycles. The molecule has 3 rings (SSSR count). The zero-order valence-electron chi connectivity index (χ0n) is 12.6. The number of nitrogens with zero attached hydrogens (tertiary/aromatic N) is 3. The van der Waals surface area contributed by atoms with Crippen LogP contribution in [0.1, 0.15) is 11.1 Å². The van der Waals surface area contributed by atoms with Gasteiger partial charge in [0.05, 0.1) is 0 Å². The normalized spacial score (nSPS) is 10.6. The lowest BCUT2D eigenvalue weighted by atomic mass is 10.1. The minimum Gasteiger partial charge on any atom is -0.324 e. The van der Waals surface area contributed by atoms with Gasteiger partial charge in [-0.1, -0.05) is 35.4 Å². The molecule has 0 spiro atoms. The van der Waals surface area contributed by atoms with Gasteiger partial charge in [-0.2, -0.15) is 15.0 Å². The standard InChI is InChI=1S/C17H14Cl2N4/c1-10-3-7-13(8-4-10)20-17-22-15(21-16(19)23-17)14-9-12(18)6-5-11(14)2/h3-9H,1-2H3,(H,20,21,22,23). The van der Waals surface area contributed by atoms with Gasteiger partial charge in [0.2, 0.25) is 11.2 Å². The Balaban J connectivity index is 1.99. The van der Waals surface area contributed by atoms with Crippen molar-refractivity contribution in [3.8, 4) is 11.4 Å². The quantitative estimate of drug-likeness (QED) is 0.708. The minimum absolute atomic E-state index is 0.129. The van der Waals surface area contributed by atoms with E-state index in [9.17, 15) is 0 Å². The van der Waals surface area contributed by atoms with Crippen LogP contribution >= 0.6 is 23.2 Å². The Morgan fingerprint density at radius 2 is 1.61 bits per heavy atom. The average molecular weight is 345 g/mol. The number of halogens is 2. The summed E-state index contributed by atoms with van der Waals surface area (Å²) in [5.41, 5.74) is 3.90. The van der Waals surface area contributed by atoms with Crippen LogP contribution in [0.25, 0.3) is 11.4 Å². The molecule has 0 saturated heterocycles. The molecule has 0 aliphatic carbocycles. The second-order valence-electron chi connectivity index (χ2n) is 5.20. The predicted molar refractivity (Wildman–Crippen MR) is 94.5 cm³/mol. The van der Waals surface area contributed by atoms with Gasteiger partial charge >= 0.3 is 0 Å². The average Bonchev–Trinajstić information content (AvgIpc) is 2.51. The van der Waals surface area contributed by atoms with Crippen molar-refractivity contribution in [3.63, 3.8) is 0 Å². The smallest absolute Gasteiger partial charge is 0.232 e. The van der Waals surface area contributed by atoms with Crippen molar-refractivity contribution >= 4 is 34.8 Å². The summed E-state index contributed by atoms with van der Waals surface area (Å²) in [5.74, 6) is 0.878. The monoisotopic (exact) mass is 344 g/mol. The van der Waals surface area contributed by atoms with Gasteiger partial charge < -0.3 is 5.32 Å². The number of hydrogen-bond acceptors (Lipinski definition) is 4. The highest BCUT2D eigenvalue weighted by Gasteiger charge is 2.10. The van der Waals surface area contributed by atoms with Gasteiger partial charge in [-0.15, -0.1) is 0 Å². The molecule has 0 radical (unpaired) electrons. The fraction of sp³-hybridized carbons (Fsp3) is 0.118. The molecule has 6 heteroatoms. The molecule has 0 unspecified atom stereocenters. The Labute approximate surface area is 144 Å². The maximum Gasteiger partial charge on any atom is 0.232 e. The van der Waals surface area contributed by atoms with Crippen molar-refractivity contribution in [2.24, 2.45) is 0 Å². The zero-order chi connectivity index (χ0) is 16.4. The van der Waals surface area contributed by atoms with Crippen molar-refractivity contribution < 1.29 is 0 Å². The summed E-state index contributed by atoms with van der Waals surface area (Å²) >= 11 is 12.1. The number of hydrogen-bond donors (Lipinski definition) is 1. The van der Waals surface area contributed by atoms with Gasteiger partial charge in [0.15, 0.2) is 5.82 Å². The molecule has 1 aromatic heterocycles. The van der Waals surface area contributed by atoms with Crippen molar-refractivity contribution in [3.05, 3.63) is 63.9 Å². The van der Waals surface area contributed by atoms with Gasteiger partial charge in [0.25, 0.3) is 0 Å². The Bertz CT molecular complexity index is 848. The lowest BCUT2D eigenvalue weighted by Gasteiger charge is -2.09. The summed E-state index contributed by atoms with van der Waals surface area (Å²) in [7, 11) is 0. The molecule has 3 aromatic rings. The largest absolute Gasteiger partial charge is 0.324 e. The van der Waals surface area contributed by atoms with Gasteiger partial charge in [-0.3, -0.25) is 0 Å². The number of aryl methyl sites for hydroxylation is 2. The zero-order valence-corrected chi connectivity index (χ0v) is 14.2. The summed E-state index contributed by atoms with van der Waals surface area (Å²) in [4.78, 5) is 12.8. The number of benzene rings is 2. The molecule has 1 N–H and O–H groups in total. The topological polar surface area (TPSA) is 50.7 Å². The number of aromatic nitrogens is 3. The van der Waals surface area contributed by atoms with Crippen molar-refractivity contribution in [1.29, 1.82) is 0 Å². The van der Waals surface area contributed by atoms with E-state index in [4.69, 9.17) is 23.2 Å². The molecule has 23 heavy (non-hydrogen) atoms. The molecule has 0 amide bonds. The van der Waals surface area contributed by atoms with E-state index < -0.39 is 0 Å². The molecule has 2 aromatic carbocycles. The molecule has 4 nitrogen and oxygen atoms in total. The van der Waals surface area contributed by atoms with E-state index in [2.05, 4.69) is 20.3 Å². The van der Waals surface area contributed by atoms with E-state index in [0.29, 0.717) is 16.8 Å². The van der Waals surface area contributed by atoms with Crippen LogP contribution in [0, 0.1) is 13.8 Å². The fourth-order valence-electron chi connectivity index (χ4n) is 2.13. The molecule has 116 valence electrons. The molecule has 0 bridgehead atoms. The van der Waals surface area contributed by atoms with Crippen LogP contribution in [-0.4, -0.2) is 15.0 Å². The summed E-state index contributed by atoms with van der Waals surface area (Å²) in [6.07, 6.45) is 0. The Morgan fingerprint density at radius 3 is 2.35 bits per heavy atom. The van der Waals surface area contributed by atoms with Crippen LogP contribution in [0.4, 0.5) is 11.6 Å². The third-order valence-corrected chi connectivity index (χ3v) is 3.76. The maximum atomic E-state index is 6.07. The number of nitrogens with one attached hydrogen (secondary N) is 1. The van der Waals surface area contributed by atoms with E-state index in [0.717, 1.165) is 16.8 Å². The highest BCUT2D eigenvalue weighted by molar-refractivity contribution is 6.31. The summed E-state index contributed by atoms with van der Waals surface area (Å²) < 4.78 is 0. The first-order valence-electron chi connectivity index (χ1n) is 7.03. The minimum atomic E-state index is 0.129. The lowest BCUT2D eigenvalue weighted by molar-refractivity contribution is 1.06. The van der Waals surface area contributed by atoms with Crippen LogP contribution in [0.5, 0.6) is 0 Å². The summed E-state index contributed by atoms with van der Waals surface area (Å²) in [6.45, 7) is 4.00. The third kappa shape index (κ3) is 3.78. The van der Waals surface area contributed by atoms with Crippen LogP contribution < -0.4 is 5.32 Å². The second-order valence-corrected chi connectivity index (χ2v) is 5.98. The van der Waals surface area contributed by atoms with Gasteiger partial charge in [-0.25, -0.2) is 0 Å². The molecule has 0 atom stereocenters. The van der Waals surface area contributed by atoms with E-state index >= 15 is 0 Å². The van der Waals surface area contributed by atoms with Crippen LogP contribution in [-0.2, 0) is 0 Å². The first-order chi connectivity index (χ1) is 11.0. The number of anilines is 2. The van der Waals surface area contributed by atoms with Gasteiger partial charge in [0, 0.05) is 16.3 Å². The van der Waals surface area contributed by atoms with Crippen LogP contribution in [0.3, 0.4) is 0 Å². The molecular weight excluding hydrogens is 331 g/mol. The SMILES string of the molecule is Cc1ccc(Nc2nc(Cl)nc(-c3cc(Cl)ccc3C)n2)cc1. The van der Waals surface area contributed by atoms with Gasteiger partial charge in [0.1, 0.15) is 0 Å². The summed E-state index contributed by atoms with van der Waals surface area (Å²) in [6, 6.07) is 13.5. The van der Waals surface area contributed by atoms with E-state index in [-0.39, 0.29) is 5.28 Å². The fourth-order valence-corrected chi connectivity index (χ4v) is 2.46.